The second-order valence-corrected chi connectivity index (χ2v) is 4.00. The van der Waals surface area contributed by atoms with Crippen LogP contribution in [0.3, 0.4) is 0 Å². The largest absolute Gasteiger partial charge is 0.479 e. The summed E-state index contributed by atoms with van der Waals surface area (Å²) >= 11 is 1.62. The van der Waals surface area contributed by atoms with Crippen molar-refractivity contribution in [2.75, 3.05) is 6.61 Å². The van der Waals surface area contributed by atoms with Crippen LogP contribution in [-0.4, -0.2) is 23.9 Å². The smallest absolute Gasteiger partial charge is 0.344 e. The zero-order valence-electron chi connectivity index (χ0n) is 8.29. The first-order chi connectivity index (χ1) is 7.77. The number of carbonyl (C=O) groups is 1. The minimum Gasteiger partial charge on any atom is -0.479 e. The van der Waals surface area contributed by atoms with Gasteiger partial charge in [-0.15, -0.1) is 11.3 Å². The van der Waals surface area contributed by atoms with Crippen molar-refractivity contribution in [3.63, 3.8) is 0 Å². The van der Waals surface area contributed by atoms with Crippen LogP contribution in [-0.2, 0) is 9.63 Å². The van der Waals surface area contributed by atoms with Gasteiger partial charge in [-0.2, -0.15) is 0 Å². The maximum atomic E-state index is 10.2. The van der Waals surface area contributed by atoms with Crippen LogP contribution in [0.1, 0.15) is 5.56 Å². The molecule has 0 bridgehead atoms. The van der Waals surface area contributed by atoms with Crippen molar-refractivity contribution < 1.29 is 14.7 Å². The molecule has 1 N–H and O–H groups in total. The fourth-order valence-corrected chi connectivity index (χ4v) is 2.20. The molecule has 0 fully saturated rings. The predicted octanol–water partition coefficient (Wildman–Crippen LogP) is 2.34. The molecule has 0 unspecified atom stereocenters. The number of carboxylic acids is 1. The van der Waals surface area contributed by atoms with Crippen molar-refractivity contribution in [1.29, 1.82) is 0 Å². The SMILES string of the molecule is O=C(O)CON=Cc1csc2ccccc12. The van der Waals surface area contributed by atoms with Gasteiger partial charge in [-0.3, -0.25) is 0 Å². The van der Waals surface area contributed by atoms with E-state index in [9.17, 15) is 4.79 Å². The molecule has 0 saturated carbocycles. The highest BCUT2D eigenvalue weighted by Crippen LogP contribution is 2.24. The van der Waals surface area contributed by atoms with E-state index in [0.717, 1.165) is 10.9 Å². The van der Waals surface area contributed by atoms with Gasteiger partial charge < -0.3 is 9.94 Å². The average Bonchev–Trinajstić information content (AvgIpc) is 2.68. The second-order valence-electron chi connectivity index (χ2n) is 3.09. The molecular formula is C11H9NO3S. The van der Waals surface area contributed by atoms with Crippen LogP contribution >= 0.6 is 11.3 Å². The minimum absolute atomic E-state index is 0.418. The molecule has 0 radical (unpaired) electrons. The fourth-order valence-electron chi connectivity index (χ4n) is 1.28. The summed E-state index contributed by atoms with van der Waals surface area (Å²) in [7, 11) is 0. The Labute approximate surface area is 95.8 Å². The van der Waals surface area contributed by atoms with Gasteiger partial charge in [-0.1, -0.05) is 23.4 Å². The first-order valence-electron chi connectivity index (χ1n) is 4.61. The van der Waals surface area contributed by atoms with Crippen molar-refractivity contribution in [3.05, 3.63) is 35.2 Å². The summed E-state index contributed by atoms with van der Waals surface area (Å²) in [6.45, 7) is -0.418. The Hall–Kier alpha value is -1.88. The highest BCUT2D eigenvalue weighted by molar-refractivity contribution is 7.17. The minimum atomic E-state index is -1.03. The number of oxime groups is 1. The number of fused-ring (bicyclic) bond motifs is 1. The number of thiophene rings is 1. The van der Waals surface area contributed by atoms with Crippen molar-refractivity contribution in [2.45, 2.75) is 0 Å². The highest BCUT2D eigenvalue weighted by atomic mass is 32.1. The maximum Gasteiger partial charge on any atom is 0.344 e. The van der Waals surface area contributed by atoms with Gasteiger partial charge in [0, 0.05) is 21.0 Å². The van der Waals surface area contributed by atoms with Crippen LogP contribution in [0.5, 0.6) is 0 Å². The number of benzene rings is 1. The molecular weight excluding hydrogens is 226 g/mol. The lowest BCUT2D eigenvalue weighted by molar-refractivity contribution is -0.142. The molecule has 2 aromatic rings. The Kier molecular flexibility index (Phi) is 3.16. The van der Waals surface area contributed by atoms with Gasteiger partial charge in [0.25, 0.3) is 0 Å². The number of hydrogen-bond donors (Lipinski definition) is 1. The third-order valence-electron chi connectivity index (χ3n) is 1.97. The Balaban J connectivity index is 2.12. The Morgan fingerprint density at radius 3 is 3.12 bits per heavy atom. The molecule has 0 spiro atoms. The summed E-state index contributed by atoms with van der Waals surface area (Å²) < 4.78 is 1.17. The highest BCUT2D eigenvalue weighted by Gasteiger charge is 2.00. The standard InChI is InChI=1S/C11H9NO3S/c13-11(14)6-15-12-5-8-7-16-10-4-2-1-3-9(8)10/h1-5,7H,6H2,(H,13,14). The second kappa shape index (κ2) is 4.76. The quantitative estimate of drug-likeness (QED) is 0.653. The van der Waals surface area contributed by atoms with Gasteiger partial charge in [0.1, 0.15) is 0 Å². The summed E-state index contributed by atoms with van der Waals surface area (Å²) in [5.74, 6) is -1.03. The Bertz CT molecular complexity index is 533. The van der Waals surface area contributed by atoms with E-state index in [-0.39, 0.29) is 0 Å². The van der Waals surface area contributed by atoms with Crippen molar-refractivity contribution in [2.24, 2.45) is 5.16 Å². The molecule has 5 heteroatoms. The number of nitrogens with zero attached hydrogens (tertiary/aromatic N) is 1. The summed E-state index contributed by atoms with van der Waals surface area (Å²) in [5.41, 5.74) is 0.936. The summed E-state index contributed by atoms with van der Waals surface area (Å²) in [6, 6.07) is 7.94. The van der Waals surface area contributed by atoms with Crippen LogP contribution in [0.2, 0.25) is 0 Å². The third kappa shape index (κ3) is 2.38. The normalized spacial score (nSPS) is 11.0. The molecule has 16 heavy (non-hydrogen) atoms. The van der Waals surface area contributed by atoms with Crippen LogP contribution in [0.25, 0.3) is 10.1 Å². The van der Waals surface area contributed by atoms with Crippen molar-refractivity contribution >= 4 is 33.6 Å². The van der Waals surface area contributed by atoms with Crippen LogP contribution < -0.4 is 0 Å². The first kappa shape index (κ1) is 10.6. The van der Waals surface area contributed by atoms with Crippen LogP contribution in [0, 0.1) is 0 Å². The Morgan fingerprint density at radius 1 is 1.50 bits per heavy atom. The number of hydrogen-bond acceptors (Lipinski definition) is 4. The first-order valence-corrected chi connectivity index (χ1v) is 5.48. The monoisotopic (exact) mass is 235 g/mol. The summed E-state index contributed by atoms with van der Waals surface area (Å²) in [5, 5.41) is 15.0. The Morgan fingerprint density at radius 2 is 2.31 bits per heavy atom. The molecule has 0 saturated heterocycles. The average molecular weight is 235 g/mol. The predicted molar refractivity (Wildman–Crippen MR) is 63.0 cm³/mol. The molecule has 1 aromatic heterocycles. The van der Waals surface area contributed by atoms with E-state index in [2.05, 4.69) is 9.99 Å². The lowest BCUT2D eigenvalue weighted by Gasteiger charge is -1.92. The summed E-state index contributed by atoms with van der Waals surface area (Å²) in [4.78, 5) is 14.8. The zero-order chi connectivity index (χ0) is 11.4. The van der Waals surface area contributed by atoms with Gasteiger partial charge in [-0.25, -0.2) is 4.79 Å². The van der Waals surface area contributed by atoms with E-state index in [0.29, 0.717) is 0 Å². The van der Waals surface area contributed by atoms with Gasteiger partial charge >= 0.3 is 5.97 Å². The molecule has 0 aliphatic heterocycles. The number of carboxylic acid groups (broad SMARTS) is 1. The van der Waals surface area contributed by atoms with E-state index in [1.165, 1.54) is 10.9 Å². The topological polar surface area (TPSA) is 58.9 Å². The van der Waals surface area contributed by atoms with Gasteiger partial charge in [0.05, 0.1) is 6.21 Å². The molecule has 2 rings (SSSR count). The molecule has 0 atom stereocenters. The molecule has 1 heterocycles. The molecule has 1 aromatic carbocycles. The van der Waals surface area contributed by atoms with E-state index < -0.39 is 12.6 Å². The van der Waals surface area contributed by atoms with E-state index in [1.807, 2.05) is 29.6 Å². The zero-order valence-corrected chi connectivity index (χ0v) is 9.11. The number of aliphatic carboxylic acids is 1. The van der Waals surface area contributed by atoms with E-state index in [1.54, 1.807) is 11.3 Å². The van der Waals surface area contributed by atoms with Gasteiger partial charge in [0.15, 0.2) is 0 Å². The van der Waals surface area contributed by atoms with E-state index in [4.69, 9.17) is 5.11 Å². The fraction of sp³-hybridized carbons (Fsp3) is 0.0909. The van der Waals surface area contributed by atoms with Crippen LogP contribution in [0.4, 0.5) is 0 Å². The van der Waals surface area contributed by atoms with Crippen molar-refractivity contribution in [3.8, 4) is 0 Å². The van der Waals surface area contributed by atoms with E-state index >= 15 is 0 Å². The molecule has 0 aliphatic carbocycles. The maximum absolute atomic E-state index is 10.2. The van der Waals surface area contributed by atoms with Crippen molar-refractivity contribution in [1.82, 2.24) is 0 Å². The molecule has 0 aliphatic rings. The number of rotatable bonds is 4. The molecule has 0 amide bonds. The lowest BCUT2D eigenvalue weighted by atomic mass is 10.2. The lowest BCUT2D eigenvalue weighted by Crippen LogP contribution is -2.03. The summed E-state index contributed by atoms with van der Waals surface area (Å²) in [6.07, 6.45) is 1.53. The molecule has 4 nitrogen and oxygen atoms in total. The van der Waals surface area contributed by atoms with Crippen LogP contribution in [0.15, 0.2) is 34.8 Å². The molecule has 82 valence electrons. The van der Waals surface area contributed by atoms with Gasteiger partial charge in [0.2, 0.25) is 6.61 Å². The third-order valence-corrected chi connectivity index (χ3v) is 2.95. The van der Waals surface area contributed by atoms with Gasteiger partial charge in [-0.05, 0) is 6.07 Å².